The van der Waals surface area contributed by atoms with Crippen LogP contribution in [0.5, 0.6) is 0 Å². The molecule has 1 aliphatic rings. The number of benzene rings is 2. The van der Waals surface area contributed by atoms with Crippen LogP contribution in [0.4, 0.5) is 20.2 Å². The summed E-state index contributed by atoms with van der Waals surface area (Å²) in [5.41, 5.74) is 5.56. The number of rotatable bonds is 5. The number of anilines is 2. The van der Waals surface area contributed by atoms with Crippen LogP contribution in [0.3, 0.4) is 0 Å². The summed E-state index contributed by atoms with van der Waals surface area (Å²) in [7, 11) is 0. The number of hydrazone groups is 1. The minimum atomic E-state index is -0.298. The van der Waals surface area contributed by atoms with E-state index in [1.165, 1.54) is 18.2 Å². The number of likely N-dealkylation sites (N-methyl/N-ethyl adjacent to an activating group) is 1. The van der Waals surface area contributed by atoms with E-state index in [1.807, 2.05) is 19.1 Å². The zero-order valence-electron chi connectivity index (χ0n) is 15.2. The summed E-state index contributed by atoms with van der Waals surface area (Å²) in [4.78, 5) is 4.45. The molecule has 26 heavy (non-hydrogen) atoms. The lowest BCUT2D eigenvalue weighted by Gasteiger charge is -2.35. The van der Waals surface area contributed by atoms with E-state index in [9.17, 15) is 8.78 Å². The van der Waals surface area contributed by atoms with Crippen molar-refractivity contribution in [2.75, 3.05) is 43.0 Å². The van der Waals surface area contributed by atoms with E-state index >= 15 is 0 Å². The molecule has 0 saturated carbocycles. The Hall–Kier alpha value is -2.47. The summed E-state index contributed by atoms with van der Waals surface area (Å²) < 4.78 is 27.5. The lowest BCUT2D eigenvalue weighted by Crippen LogP contribution is -2.46. The van der Waals surface area contributed by atoms with Gasteiger partial charge in [-0.2, -0.15) is 5.10 Å². The first-order valence-corrected chi connectivity index (χ1v) is 8.90. The summed E-state index contributed by atoms with van der Waals surface area (Å²) in [5.74, 6) is -0.530. The Morgan fingerprint density at radius 1 is 1.04 bits per heavy atom. The molecular weight excluding hydrogens is 334 g/mol. The first-order valence-electron chi connectivity index (χ1n) is 8.90. The van der Waals surface area contributed by atoms with Gasteiger partial charge in [0.15, 0.2) is 0 Å². The van der Waals surface area contributed by atoms with Gasteiger partial charge in [0.1, 0.15) is 11.6 Å². The van der Waals surface area contributed by atoms with Gasteiger partial charge >= 0.3 is 0 Å². The molecule has 1 heterocycles. The lowest BCUT2D eigenvalue weighted by molar-refractivity contribution is 0.270. The Morgan fingerprint density at radius 2 is 1.73 bits per heavy atom. The molecule has 0 radical (unpaired) electrons. The molecule has 0 aromatic heterocycles. The van der Waals surface area contributed by atoms with Gasteiger partial charge in [-0.15, -0.1) is 0 Å². The Balaban J connectivity index is 1.68. The van der Waals surface area contributed by atoms with Gasteiger partial charge < -0.3 is 9.80 Å². The molecule has 2 aromatic rings. The molecule has 1 aliphatic heterocycles. The predicted molar refractivity (Wildman–Crippen MR) is 103 cm³/mol. The van der Waals surface area contributed by atoms with Crippen molar-refractivity contribution >= 4 is 17.1 Å². The third-order valence-corrected chi connectivity index (χ3v) is 4.72. The van der Waals surface area contributed by atoms with Crippen LogP contribution in [0.2, 0.25) is 0 Å². The summed E-state index contributed by atoms with van der Waals surface area (Å²) in [6, 6.07) is 11.2. The molecule has 4 nitrogen and oxygen atoms in total. The van der Waals surface area contributed by atoms with E-state index in [4.69, 9.17) is 0 Å². The van der Waals surface area contributed by atoms with Gasteiger partial charge in [0.05, 0.1) is 17.1 Å². The average Bonchev–Trinajstić information content (AvgIpc) is 2.67. The maximum absolute atomic E-state index is 14.6. The third kappa shape index (κ3) is 4.38. The van der Waals surface area contributed by atoms with Crippen LogP contribution >= 0.6 is 0 Å². The van der Waals surface area contributed by atoms with Gasteiger partial charge in [-0.3, -0.25) is 5.43 Å². The van der Waals surface area contributed by atoms with Gasteiger partial charge in [0.2, 0.25) is 0 Å². The average molecular weight is 358 g/mol. The molecule has 0 spiro atoms. The van der Waals surface area contributed by atoms with Crippen molar-refractivity contribution in [3.05, 3.63) is 59.7 Å². The number of halogens is 2. The Kier molecular flexibility index (Phi) is 5.83. The van der Waals surface area contributed by atoms with Crippen molar-refractivity contribution < 1.29 is 8.78 Å². The largest absolute Gasteiger partial charge is 0.367 e. The summed E-state index contributed by atoms with van der Waals surface area (Å²) in [6.07, 6.45) is 0. The summed E-state index contributed by atoms with van der Waals surface area (Å²) in [5, 5.41) is 4.26. The second kappa shape index (κ2) is 8.27. The maximum Gasteiger partial charge on any atom is 0.147 e. The highest BCUT2D eigenvalue weighted by Crippen LogP contribution is 2.22. The monoisotopic (exact) mass is 358 g/mol. The number of hydrogen-bond donors (Lipinski definition) is 1. The van der Waals surface area contributed by atoms with E-state index in [-0.39, 0.29) is 11.6 Å². The predicted octanol–water partition coefficient (Wildman–Crippen LogP) is 3.94. The van der Waals surface area contributed by atoms with Gasteiger partial charge in [0.25, 0.3) is 0 Å². The van der Waals surface area contributed by atoms with Crippen molar-refractivity contribution in [2.45, 2.75) is 13.8 Å². The SMILES string of the molecule is CCN1CCN(c2ccc(/C(C)=N\Nc3ccc(F)cc3)cc2F)CC1. The molecule has 0 amide bonds. The molecule has 0 unspecified atom stereocenters. The van der Waals surface area contributed by atoms with Crippen molar-refractivity contribution in [3.8, 4) is 0 Å². The molecule has 2 aromatic carbocycles. The third-order valence-electron chi connectivity index (χ3n) is 4.72. The summed E-state index contributed by atoms with van der Waals surface area (Å²) >= 11 is 0. The highest BCUT2D eigenvalue weighted by atomic mass is 19.1. The normalized spacial score (nSPS) is 16.0. The Bertz CT molecular complexity index is 766. The molecule has 138 valence electrons. The molecule has 1 saturated heterocycles. The topological polar surface area (TPSA) is 30.9 Å². The molecule has 0 atom stereocenters. The first-order chi connectivity index (χ1) is 12.6. The second-order valence-electron chi connectivity index (χ2n) is 6.40. The molecule has 1 N–H and O–H groups in total. The quantitative estimate of drug-likeness (QED) is 0.649. The number of piperazine rings is 1. The Labute approximate surface area is 153 Å². The van der Waals surface area contributed by atoms with Crippen LogP contribution in [0, 0.1) is 11.6 Å². The van der Waals surface area contributed by atoms with E-state index < -0.39 is 0 Å². The fourth-order valence-electron chi connectivity index (χ4n) is 3.03. The molecule has 3 rings (SSSR count). The van der Waals surface area contributed by atoms with E-state index in [0.29, 0.717) is 22.6 Å². The smallest absolute Gasteiger partial charge is 0.147 e. The van der Waals surface area contributed by atoms with E-state index in [2.05, 4.69) is 27.3 Å². The minimum absolute atomic E-state index is 0.233. The number of nitrogens with one attached hydrogen (secondary N) is 1. The zero-order chi connectivity index (χ0) is 18.5. The Morgan fingerprint density at radius 3 is 2.35 bits per heavy atom. The number of nitrogens with zero attached hydrogens (tertiary/aromatic N) is 3. The standard InChI is InChI=1S/C20H24F2N4/c1-3-25-10-12-26(13-11-25)20-9-4-16(14-19(20)22)15(2)23-24-18-7-5-17(21)6-8-18/h4-9,14,24H,3,10-13H2,1-2H3/b23-15-. The van der Waals surface area contributed by atoms with Crippen LogP contribution < -0.4 is 10.3 Å². The van der Waals surface area contributed by atoms with Gasteiger partial charge in [-0.25, -0.2) is 8.78 Å². The van der Waals surface area contributed by atoms with Crippen molar-refractivity contribution in [1.29, 1.82) is 0 Å². The van der Waals surface area contributed by atoms with Crippen LogP contribution in [0.25, 0.3) is 0 Å². The molecule has 6 heteroatoms. The zero-order valence-corrected chi connectivity index (χ0v) is 15.2. The van der Waals surface area contributed by atoms with E-state index in [0.717, 1.165) is 32.7 Å². The highest BCUT2D eigenvalue weighted by Gasteiger charge is 2.18. The van der Waals surface area contributed by atoms with E-state index in [1.54, 1.807) is 12.1 Å². The highest BCUT2D eigenvalue weighted by molar-refractivity contribution is 5.99. The van der Waals surface area contributed by atoms with Crippen LogP contribution in [0.1, 0.15) is 19.4 Å². The van der Waals surface area contributed by atoms with Gasteiger partial charge in [-0.1, -0.05) is 13.0 Å². The van der Waals surface area contributed by atoms with Gasteiger partial charge in [0, 0.05) is 31.7 Å². The summed E-state index contributed by atoms with van der Waals surface area (Å²) in [6.45, 7) is 8.58. The van der Waals surface area contributed by atoms with Crippen molar-refractivity contribution in [2.24, 2.45) is 5.10 Å². The lowest BCUT2D eigenvalue weighted by atomic mass is 10.1. The minimum Gasteiger partial charge on any atom is -0.367 e. The first kappa shape index (κ1) is 18.3. The van der Waals surface area contributed by atoms with Crippen LogP contribution in [-0.4, -0.2) is 43.3 Å². The van der Waals surface area contributed by atoms with Crippen molar-refractivity contribution in [1.82, 2.24) is 4.90 Å². The van der Waals surface area contributed by atoms with Crippen LogP contribution in [0.15, 0.2) is 47.6 Å². The van der Waals surface area contributed by atoms with Crippen LogP contribution in [-0.2, 0) is 0 Å². The number of hydrogen-bond acceptors (Lipinski definition) is 4. The fourth-order valence-corrected chi connectivity index (χ4v) is 3.03. The molecule has 1 fully saturated rings. The maximum atomic E-state index is 14.6. The molecule has 0 bridgehead atoms. The van der Waals surface area contributed by atoms with Crippen molar-refractivity contribution in [3.63, 3.8) is 0 Å². The fraction of sp³-hybridized carbons (Fsp3) is 0.350. The van der Waals surface area contributed by atoms with Gasteiger partial charge in [-0.05, 0) is 49.9 Å². The second-order valence-corrected chi connectivity index (χ2v) is 6.40. The molecular formula is C20H24F2N4. The molecule has 0 aliphatic carbocycles.